The highest BCUT2D eigenvalue weighted by Crippen LogP contribution is 2.33. The lowest BCUT2D eigenvalue weighted by atomic mass is 10.0. The second-order valence-electron chi connectivity index (χ2n) is 3.95. The molecule has 6 nitrogen and oxygen atoms in total. The molecular weight excluding hydrogens is 282 g/mol. The van der Waals surface area contributed by atoms with Gasteiger partial charge in [-0.1, -0.05) is 16.7 Å². The summed E-state index contributed by atoms with van der Waals surface area (Å²) in [6.07, 6.45) is 0.493. The molecule has 0 N–H and O–H groups in total. The maximum Gasteiger partial charge on any atom is 0.305 e. The first-order valence-corrected chi connectivity index (χ1v) is 6.53. The van der Waals surface area contributed by atoms with Crippen LogP contribution in [0.2, 0.25) is 5.02 Å². The van der Waals surface area contributed by atoms with Crippen LogP contribution in [0.3, 0.4) is 0 Å². The monoisotopic (exact) mass is 297 g/mol. The fraction of sp³-hybridized carbons (Fsp3) is 0.462. The van der Waals surface area contributed by atoms with Gasteiger partial charge in [-0.25, -0.2) is 0 Å². The van der Waals surface area contributed by atoms with Crippen LogP contribution >= 0.6 is 11.6 Å². The number of methoxy groups -OCH3 is 1. The minimum Gasteiger partial charge on any atom is -0.496 e. The third-order valence-electron chi connectivity index (χ3n) is 2.67. The third-order valence-corrected chi connectivity index (χ3v) is 2.90. The molecule has 1 aromatic carbocycles. The number of azide groups is 1. The Morgan fingerprint density at radius 3 is 2.90 bits per heavy atom. The molecular formula is C13H16ClN3O3. The molecule has 7 heteroatoms. The average Bonchev–Trinajstić information content (AvgIpc) is 2.43. The van der Waals surface area contributed by atoms with Crippen LogP contribution in [0, 0.1) is 0 Å². The molecule has 0 heterocycles. The molecule has 0 radical (unpaired) electrons. The zero-order valence-corrected chi connectivity index (χ0v) is 12.1. The van der Waals surface area contributed by atoms with Gasteiger partial charge in [-0.2, -0.15) is 0 Å². The van der Waals surface area contributed by atoms with Crippen molar-refractivity contribution in [2.75, 3.05) is 13.7 Å². The first-order valence-electron chi connectivity index (χ1n) is 6.15. The largest absolute Gasteiger partial charge is 0.496 e. The smallest absolute Gasteiger partial charge is 0.305 e. The van der Waals surface area contributed by atoms with Crippen molar-refractivity contribution in [1.29, 1.82) is 0 Å². The number of hydrogen-bond donors (Lipinski definition) is 0. The van der Waals surface area contributed by atoms with Crippen LogP contribution in [-0.4, -0.2) is 19.7 Å². The molecule has 20 heavy (non-hydrogen) atoms. The Morgan fingerprint density at radius 1 is 1.55 bits per heavy atom. The second kappa shape index (κ2) is 8.30. The summed E-state index contributed by atoms with van der Waals surface area (Å²) in [5.74, 6) is 0.238. The molecule has 0 aliphatic rings. The lowest BCUT2D eigenvalue weighted by molar-refractivity contribution is -0.143. The Hall–Kier alpha value is -1.91. The van der Waals surface area contributed by atoms with Crippen LogP contribution < -0.4 is 4.74 Å². The molecule has 108 valence electrons. The summed E-state index contributed by atoms with van der Waals surface area (Å²) in [6.45, 7) is 2.06. The van der Waals surface area contributed by atoms with Crippen molar-refractivity contribution in [3.05, 3.63) is 39.2 Å². The number of halogens is 1. The standard InChI is InChI=1S/C13H16ClN3O3/c1-3-20-13(18)7-5-11(16-17-15)10-8-9(14)4-6-12(10)19-2/h4,6,8,11H,3,5,7H2,1-2H3. The van der Waals surface area contributed by atoms with Crippen LogP contribution in [0.5, 0.6) is 5.75 Å². The average molecular weight is 298 g/mol. The third kappa shape index (κ3) is 4.64. The van der Waals surface area contributed by atoms with Crippen molar-refractivity contribution >= 4 is 17.6 Å². The summed E-state index contributed by atoms with van der Waals surface area (Å²) in [5.41, 5.74) is 9.32. The molecule has 1 aromatic rings. The van der Waals surface area contributed by atoms with Crippen LogP contribution in [0.4, 0.5) is 0 Å². The Morgan fingerprint density at radius 2 is 2.30 bits per heavy atom. The summed E-state index contributed by atoms with van der Waals surface area (Å²) in [7, 11) is 1.52. The maximum atomic E-state index is 11.4. The van der Waals surface area contributed by atoms with Crippen molar-refractivity contribution in [3.63, 3.8) is 0 Å². The fourth-order valence-corrected chi connectivity index (χ4v) is 1.97. The van der Waals surface area contributed by atoms with Crippen LogP contribution in [0.25, 0.3) is 10.4 Å². The minimum absolute atomic E-state index is 0.160. The number of benzene rings is 1. The first-order chi connectivity index (χ1) is 9.62. The highest BCUT2D eigenvalue weighted by Gasteiger charge is 2.17. The van der Waals surface area contributed by atoms with Gasteiger partial charge in [0.05, 0.1) is 19.8 Å². The fourth-order valence-electron chi connectivity index (χ4n) is 1.79. The van der Waals surface area contributed by atoms with E-state index in [4.69, 9.17) is 26.6 Å². The number of carbonyl (C=O) groups is 1. The zero-order chi connectivity index (χ0) is 15.0. The predicted molar refractivity (Wildman–Crippen MR) is 75.8 cm³/mol. The van der Waals surface area contributed by atoms with Gasteiger partial charge in [0.1, 0.15) is 5.75 Å². The van der Waals surface area contributed by atoms with E-state index in [1.54, 1.807) is 25.1 Å². The van der Waals surface area contributed by atoms with E-state index in [0.717, 1.165) is 0 Å². The second-order valence-corrected chi connectivity index (χ2v) is 4.39. The van der Waals surface area contributed by atoms with Crippen molar-refractivity contribution < 1.29 is 14.3 Å². The van der Waals surface area contributed by atoms with Gasteiger partial charge < -0.3 is 9.47 Å². The molecule has 0 saturated carbocycles. The van der Waals surface area contributed by atoms with E-state index >= 15 is 0 Å². The zero-order valence-electron chi connectivity index (χ0n) is 11.4. The van der Waals surface area contributed by atoms with Gasteiger partial charge in [0.25, 0.3) is 0 Å². The number of hydrogen-bond acceptors (Lipinski definition) is 4. The lowest BCUT2D eigenvalue weighted by Crippen LogP contribution is -2.07. The Bertz CT molecular complexity index is 516. The number of nitrogens with zero attached hydrogens (tertiary/aromatic N) is 3. The van der Waals surface area contributed by atoms with Crippen LogP contribution in [0.15, 0.2) is 23.3 Å². The van der Waals surface area contributed by atoms with E-state index in [2.05, 4.69) is 10.0 Å². The van der Waals surface area contributed by atoms with Gasteiger partial charge in [0, 0.05) is 21.9 Å². The minimum atomic E-state index is -0.530. The van der Waals surface area contributed by atoms with Crippen LogP contribution in [0.1, 0.15) is 31.4 Å². The molecule has 0 fully saturated rings. The number of rotatable bonds is 7. The number of carbonyl (C=O) groups excluding carboxylic acids is 1. The molecule has 0 aromatic heterocycles. The van der Waals surface area contributed by atoms with E-state index in [1.807, 2.05) is 0 Å². The molecule has 0 aliphatic carbocycles. The number of esters is 1. The Balaban J connectivity index is 2.93. The van der Waals surface area contributed by atoms with E-state index in [9.17, 15) is 4.79 Å². The van der Waals surface area contributed by atoms with Gasteiger partial charge in [-0.3, -0.25) is 4.79 Å². The molecule has 1 atom stereocenters. The topological polar surface area (TPSA) is 84.3 Å². The lowest BCUT2D eigenvalue weighted by Gasteiger charge is -2.15. The van der Waals surface area contributed by atoms with E-state index in [0.29, 0.717) is 29.4 Å². The van der Waals surface area contributed by atoms with E-state index in [-0.39, 0.29) is 12.4 Å². The van der Waals surface area contributed by atoms with Crippen molar-refractivity contribution in [3.8, 4) is 5.75 Å². The summed E-state index contributed by atoms with van der Waals surface area (Å²) in [6, 6.07) is 4.52. The molecule has 1 rings (SSSR count). The van der Waals surface area contributed by atoms with Gasteiger partial charge in [-0.15, -0.1) is 0 Å². The summed E-state index contributed by atoms with van der Waals surface area (Å²) in [5, 5.41) is 4.22. The van der Waals surface area contributed by atoms with Gasteiger partial charge in [0.15, 0.2) is 0 Å². The Kier molecular flexibility index (Phi) is 6.70. The molecule has 1 unspecified atom stereocenters. The summed E-state index contributed by atoms with van der Waals surface area (Å²) in [4.78, 5) is 14.2. The van der Waals surface area contributed by atoms with E-state index < -0.39 is 6.04 Å². The normalized spacial score (nSPS) is 11.3. The molecule has 0 bridgehead atoms. The predicted octanol–water partition coefficient (Wildman–Crippen LogP) is 4.04. The first kappa shape index (κ1) is 16.1. The molecule has 0 amide bonds. The summed E-state index contributed by atoms with van der Waals surface area (Å²) < 4.78 is 10.1. The maximum absolute atomic E-state index is 11.4. The van der Waals surface area contributed by atoms with Crippen molar-refractivity contribution in [1.82, 2.24) is 0 Å². The molecule has 0 spiro atoms. The van der Waals surface area contributed by atoms with Crippen molar-refractivity contribution in [2.45, 2.75) is 25.8 Å². The summed E-state index contributed by atoms with van der Waals surface area (Å²) >= 11 is 5.95. The van der Waals surface area contributed by atoms with Gasteiger partial charge in [-0.05, 0) is 37.1 Å². The van der Waals surface area contributed by atoms with Crippen molar-refractivity contribution in [2.24, 2.45) is 5.11 Å². The molecule has 0 saturated heterocycles. The quantitative estimate of drug-likeness (QED) is 0.329. The van der Waals surface area contributed by atoms with Crippen LogP contribution in [-0.2, 0) is 9.53 Å². The highest BCUT2D eigenvalue weighted by molar-refractivity contribution is 6.30. The highest BCUT2D eigenvalue weighted by atomic mass is 35.5. The Labute approximate surface area is 122 Å². The van der Waals surface area contributed by atoms with E-state index in [1.165, 1.54) is 7.11 Å². The molecule has 0 aliphatic heterocycles. The SMILES string of the molecule is CCOC(=O)CCC(N=[N+]=[N-])c1cc(Cl)ccc1OC. The number of ether oxygens (including phenoxy) is 2. The van der Waals surface area contributed by atoms with Gasteiger partial charge in [0.2, 0.25) is 0 Å². The van der Waals surface area contributed by atoms with Gasteiger partial charge >= 0.3 is 5.97 Å².